The number of ether oxygens (including phenoxy) is 5. The molecule has 8 aliphatic rings. The van der Waals surface area contributed by atoms with E-state index in [1.54, 1.807) is 0 Å². The van der Waals surface area contributed by atoms with Crippen molar-refractivity contribution in [2.45, 2.75) is 119 Å². The second kappa shape index (κ2) is 7.71. The summed E-state index contributed by atoms with van der Waals surface area (Å²) >= 11 is 0. The molecule has 2 spiro atoms. The van der Waals surface area contributed by atoms with Gasteiger partial charge in [0.15, 0.2) is 11.7 Å². The first-order valence-corrected chi connectivity index (χ1v) is 16.6. The van der Waals surface area contributed by atoms with Crippen LogP contribution in [0.25, 0.3) is 0 Å². The predicted octanol–water partition coefficient (Wildman–Crippen LogP) is 4.37. The number of esters is 2. The Kier molecular flexibility index (Phi) is 5.02. The van der Waals surface area contributed by atoms with Crippen LogP contribution in [0.2, 0.25) is 0 Å². The number of hydrogen-bond acceptors (Lipinski definition) is 9. The third-order valence-corrected chi connectivity index (χ3v) is 14.2. The van der Waals surface area contributed by atoms with Gasteiger partial charge in [0.05, 0.1) is 6.10 Å². The van der Waals surface area contributed by atoms with E-state index < -0.39 is 22.9 Å². The van der Waals surface area contributed by atoms with Crippen LogP contribution < -0.4 is 0 Å². The highest BCUT2D eigenvalue weighted by atomic mass is 33.1. The lowest BCUT2D eigenvalue weighted by Gasteiger charge is -2.53. The SMILES string of the molecule is CC(C)[C@@]12OC1C1OC13C1(C)CCC4=C(COC4=O)C1CC1OC13C2OC(=O)CCCCC1CCSS1. The molecule has 0 radical (unpaired) electrons. The van der Waals surface area contributed by atoms with Gasteiger partial charge in [0.2, 0.25) is 0 Å². The molecule has 202 valence electrons. The average Bonchev–Trinajstić information content (AvgIpc) is 3.80. The van der Waals surface area contributed by atoms with Crippen molar-refractivity contribution in [1.29, 1.82) is 0 Å². The Morgan fingerprint density at radius 2 is 2.05 bits per heavy atom. The predicted molar refractivity (Wildman–Crippen MR) is 138 cm³/mol. The van der Waals surface area contributed by atoms with E-state index in [9.17, 15) is 9.59 Å². The molecule has 0 N–H and O–H groups in total. The van der Waals surface area contributed by atoms with Gasteiger partial charge in [-0.05, 0) is 55.9 Å². The molecule has 8 rings (SSSR count). The molecular weight excluding hydrogens is 512 g/mol. The highest BCUT2D eigenvalue weighted by molar-refractivity contribution is 8.77. The summed E-state index contributed by atoms with van der Waals surface area (Å²) in [7, 11) is 3.96. The lowest BCUT2D eigenvalue weighted by Crippen LogP contribution is -2.70. The molecule has 3 aliphatic carbocycles. The van der Waals surface area contributed by atoms with Gasteiger partial charge in [0.1, 0.15) is 30.0 Å². The van der Waals surface area contributed by atoms with Crippen LogP contribution in [0.5, 0.6) is 0 Å². The van der Waals surface area contributed by atoms with Crippen molar-refractivity contribution in [3.8, 4) is 0 Å². The lowest BCUT2D eigenvalue weighted by atomic mass is 9.46. The van der Waals surface area contributed by atoms with Crippen LogP contribution in [-0.2, 0) is 33.3 Å². The third kappa shape index (κ3) is 2.84. The molecule has 9 heteroatoms. The Labute approximate surface area is 225 Å². The van der Waals surface area contributed by atoms with Crippen molar-refractivity contribution in [1.82, 2.24) is 0 Å². The minimum atomic E-state index is -0.658. The van der Waals surface area contributed by atoms with Crippen LogP contribution in [0.4, 0.5) is 0 Å². The number of unbranched alkanes of at least 4 members (excludes halogenated alkanes) is 1. The van der Waals surface area contributed by atoms with Crippen LogP contribution in [0.15, 0.2) is 11.1 Å². The van der Waals surface area contributed by atoms with E-state index in [0.29, 0.717) is 19.4 Å². The molecule has 0 aromatic heterocycles. The van der Waals surface area contributed by atoms with E-state index in [-0.39, 0.29) is 47.5 Å². The number of epoxide rings is 3. The third-order valence-electron chi connectivity index (χ3n) is 11.2. The molecular formula is C28H36O7S2. The summed E-state index contributed by atoms with van der Waals surface area (Å²) in [5.41, 5.74) is 0.0674. The summed E-state index contributed by atoms with van der Waals surface area (Å²) in [4.78, 5) is 25.7. The molecule has 0 bridgehead atoms. The zero-order chi connectivity index (χ0) is 25.4. The summed E-state index contributed by atoms with van der Waals surface area (Å²) in [5.74, 6) is 1.32. The summed E-state index contributed by atoms with van der Waals surface area (Å²) in [6.45, 7) is 7.02. The highest BCUT2D eigenvalue weighted by Gasteiger charge is 3.01. The van der Waals surface area contributed by atoms with Crippen LogP contribution in [0, 0.1) is 17.3 Å². The molecule has 5 aliphatic heterocycles. The normalized spacial score (nSPS) is 51.8. The molecule has 0 aromatic carbocycles. The maximum atomic E-state index is 13.3. The zero-order valence-corrected chi connectivity index (χ0v) is 23.4. The smallest absolute Gasteiger partial charge is 0.334 e. The molecule has 0 aromatic rings. The fourth-order valence-corrected chi connectivity index (χ4v) is 12.3. The Bertz CT molecular complexity index is 1100. The molecule has 0 amide bonds. The van der Waals surface area contributed by atoms with Gasteiger partial charge in [0, 0.05) is 28.4 Å². The van der Waals surface area contributed by atoms with Gasteiger partial charge in [-0.15, -0.1) is 0 Å². The number of carbonyl (C=O) groups excluding carboxylic acids is 2. The molecule has 5 heterocycles. The van der Waals surface area contributed by atoms with E-state index >= 15 is 0 Å². The van der Waals surface area contributed by atoms with Crippen molar-refractivity contribution < 1.29 is 33.3 Å². The number of carbonyl (C=O) groups is 2. The van der Waals surface area contributed by atoms with E-state index in [2.05, 4.69) is 20.8 Å². The second-order valence-electron chi connectivity index (χ2n) is 13.0. The van der Waals surface area contributed by atoms with Crippen LogP contribution >= 0.6 is 21.6 Å². The van der Waals surface area contributed by atoms with Gasteiger partial charge in [-0.25, -0.2) is 4.79 Å². The topological polar surface area (TPSA) is 90.2 Å². The minimum Gasteiger partial charge on any atom is -0.458 e. The van der Waals surface area contributed by atoms with Crippen LogP contribution in [0.1, 0.15) is 72.1 Å². The molecule has 6 fully saturated rings. The maximum Gasteiger partial charge on any atom is 0.334 e. The Morgan fingerprint density at radius 1 is 1.19 bits per heavy atom. The number of rotatable bonds is 7. The van der Waals surface area contributed by atoms with Gasteiger partial charge >= 0.3 is 11.9 Å². The molecule has 7 nitrogen and oxygen atoms in total. The van der Waals surface area contributed by atoms with E-state index in [1.807, 2.05) is 21.6 Å². The van der Waals surface area contributed by atoms with Gasteiger partial charge in [0.25, 0.3) is 0 Å². The van der Waals surface area contributed by atoms with Gasteiger partial charge < -0.3 is 23.7 Å². The summed E-state index contributed by atoms with van der Waals surface area (Å²) in [6, 6.07) is 0. The van der Waals surface area contributed by atoms with Crippen molar-refractivity contribution >= 4 is 33.5 Å². The number of cyclic esters (lactones) is 1. The largest absolute Gasteiger partial charge is 0.458 e. The fraction of sp³-hybridized carbons (Fsp3) is 0.857. The Hall–Kier alpha value is -0.740. The van der Waals surface area contributed by atoms with E-state index in [1.165, 1.54) is 18.6 Å². The summed E-state index contributed by atoms with van der Waals surface area (Å²) < 4.78 is 31.9. The first-order valence-electron chi connectivity index (χ1n) is 14.2. The summed E-state index contributed by atoms with van der Waals surface area (Å²) in [6.07, 6.45) is 6.53. The number of hydrogen-bond donors (Lipinski definition) is 0. The van der Waals surface area contributed by atoms with E-state index in [4.69, 9.17) is 23.7 Å². The quantitative estimate of drug-likeness (QED) is 0.199. The maximum absolute atomic E-state index is 13.3. The van der Waals surface area contributed by atoms with Crippen LogP contribution in [0.3, 0.4) is 0 Å². The Morgan fingerprint density at radius 3 is 2.84 bits per heavy atom. The average molecular weight is 549 g/mol. The van der Waals surface area contributed by atoms with Crippen molar-refractivity contribution in [3.05, 3.63) is 11.1 Å². The standard InChI is InChI=1S/C28H36O7S2/c1-14(2)26-21(34-26)22-28(35-22)25(3)10-8-16-17(13-31-23(16)30)18(25)12-19-27(28,33-19)24(26)32-20(29)7-5-4-6-15-9-11-36-37-15/h14-15,18-19,21-22,24H,4-13H2,1-3H3/t15?,18?,19?,21?,22?,24?,25?,26-,27?,28?/m1/s1. The highest BCUT2D eigenvalue weighted by Crippen LogP contribution is 2.83. The van der Waals surface area contributed by atoms with E-state index in [0.717, 1.165) is 42.1 Å². The molecule has 10 atom stereocenters. The molecule has 9 unspecified atom stereocenters. The van der Waals surface area contributed by atoms with Crippen molar-refractivity contribution in [3.63, 3.8) is 0 Å². The molecule has 2 saturated carbocycles. The van der Waals surface area contributed by atoms with Crippen molar-refractivity contribution in [2.24, 2.45) is 17.3 Å². The van der Waals surface area contributed by atoms with Gasteiger partial charge in [-0.2, -0.15) is 0 Å². The van der Waals surface area contributed by atoms with Gasteiger partial charge in [-0.3, -0.25) is 4.79 Å². The first-order chi connectivity index (χ1) is 17.8. The number of fused-ring (bicyclic) bond motifs is 4. The molecule has 4 saturated heterocycles. The Balaban J connectivity index is 1.07. The summed E-state index contributed by atoms with van der Waals surface area (Å²) in [5, 5.41) is 0.732. The zero-order valence-electron chi connectivity index (χ0n) is 21.8. The fourth-order valence-electron chi connectivity index (χ4n) is 9.24. The molecule has 37 heavy (non-hydrogen) atoms. The van der Waals surface area contributed by atoms with Crippen molar-refractivity contribution in [2.75, 3.05) is 12.4 Å². The second-order valence-corrected chi connectivity index (χ2v) is 15.7. The lowest BCUT2D eigenvalue weighted by molar-refractivity contribution is -0.169. The van der Waals surface area contributed by atoms with Crippen LogP contribution in [-0.4, -0.2) is 70.8 Å². The van der Waals surface area contributed by atoms with Gasteiger partial charge in [-0.1, -0.05) is 48.8 Å². The first kappa shape index (κ1) is 24.1. The monoisotopic (exact) mass is 548 g/mol. The minimum absolute atomic E-state index is 0.0513.